The average molecular weight is 204 g/mol. The minimum atomic E-state index is -0.0559. The molecule has 13 heavy (non-hydrogen) atoms. The summed E-state index contributed by atoms with van der Waals surface area (Å²) >= 11 is 1.84. The van der Waals surface area contributed by atoms with Crippen molar-refractivity contribution in [2.75, 3.05) is 18.1 Å². The Kier molecular flexibility index (Phi) is 8.30. The first-order chi connectivity index (χ1) is 6.22. The van der Waals surface area contributed by atoms with E-state index in [1.807, 2.05) is 25.6 Å². The van der Waals surface area contributed by atoms with Gasteiger partial charge in [0.1, 0.15) is 6.61 Å². The molecule has 0 aromatic carbocycles. The van der Waals surface area contributed by atoms with Crippen molar-refractivity contribution < 1.29 is 9.53 Å². The van der Waals surface area contributed by atoms with Crippen LogP contribution in [-0.4, -0.2) is 24.1 Å². The predicted molar refractivity (Wildman–Crippen MR) is 58.0 cm³/mol. The fourth-order valence-corrected chi connectivity index (χ4v) is 1.45. The quantitative estimate of drug-likeness (QED) is 0.471. The Morgan fingerprint density at radius 3 is 2.62 bits per heavy atom. The van der Waals surface area contributed by atoms with E-state index >= 15 is 0 Å². The van der Waals surface area contributed by atoms with Crippen LogP contribution >= 0.6 is 11.8 Å². The van der Waals surface area contributed by atoms with E-state index in [1.165, 1.54) is 6.42 Å². The van der Waals surface area contributed by atoms with Gasteiger partial charge in [-0.1, -0.05) is 20.8 Å². The van der Waals surface area contributed by atoms with Crippen molar-refractivity contribution in [2.45, 2.75) is 33.6 Å². The fraction of sp³-hybridized carbons (Fsp3) is 0.900. The highest BCUT2D eigenvalue weighted by Gasteiger charge is 2.10. The van der Waals surface area contributed by atoms with Gasteiger partial charge in [0.25, 0.3) is 0 Å². The third-order valence-corrected chi connectivity index (χ3v) is 2.99. The van der Waals surface area contributed by atoms with Gasteiger partial charge < -0.3 is 4.74 Å². The zero-order valence-corrected chi connectivity index (χ0v) is 9.65. The number of carbonyl (C=O) groups excluding carboxylic acids is 1. The highest BCUT2D eigenvalue weighted by molar-refractivity contribution is 7.99. The molecular weight excluding hydrogens is 184 g/mol. The van der Waals surface area contributed by atoms with E-state index in [0.29, 0.717) is 6.61 Å². The van der Waals surface area contributed by atoms with Crippen molar-refractivity contribution in [2.24, 2.45) is 5.92 Å². The maximum Gasteiger partial charge on any atom is 0.308 e. The Morgan fingerprint density at radius 1 is 1.38 bits per heavy atom. The van der Waals surface area contributed by atoms with Crippen LogP contribution in [0.4, 0.5) is 0 Å². The Hall–Kier alpha value is -0.180. The second-order valence-electron chi connectivity index (χ2n) is 3.09. The summed E-state index contributed by atoms with van der Waals surface area (Å²) in [5.74, 6) is 2.08. The Balaban J connectivity index is 3.27. The van der Waals surface area contributed by atoms with Crippen LogP contribution in [0.3, 0.4) is 0 Å². The van der Waals surface area contributed by atoms with E-state index in [-0.39, 0.29) is 11.9 Å². The summed E-state index contributed by atoms with van der Waals surface area (Å²) in [6, 6.07) is 0. The van der Waals surface area contributed by atoms with Crippen LogP contribution in [0.1, 0.15) is 33.6 Å². The van der Waals surface area contributed by atoms with Gasteiger partial charge in [-0.05, 0) is 18.6 Å². The number of thioether (sulfide) groups is 1. The lowest BCUT2D eigenvalue weighted by molar-refractivity contribution is -0.147. The maximum absolute atomic E-state index is 11.2. The molecule has 0 radical (unpaired) electrons. The van der Waals surface area contributed by atoms with Gasteiger partial charge in [-0.15, -0.1) is 0 Å². The minimum absolute atomic E-state index is 0.0520. The summed E-state index contributed by atoms with van der Waals surface area (Å²) in [6.45, 7) is 6.62. The molecule has 0 amide bonds. The molecule has 1 unspecified atom stereocenters. The molecule has 0 rings (SSSR count). The number of rotatable bonds is 7. The molecule has 0 saturated heterocycles. The Morgan fingerprint density at radius 2 is 2.08 bits per heavy atom. The molecule has 0 spiro atoms. The maximum atomic E-state index is 11.2. The van der Waals surface area contributed by atoms with E-state index in [9.17, 15) is 4.79 Å². The highest BCUT2D eigenvalue weighted by atomic mass is 32.2. The predicted octanol–water partition coefficient (Wildman–Crippen LogP) is 2.72. The van der Waals surface area contributed by atoms with Gasteiger partial charge in [0.05, 0.1) is 5.92 Å². The lowest BCUT2D eigenvalue weighted by Gasteiger charge is -2.08. The van der Waals surface area contributed by atoms with Gasteiger partial charge in [-0.3, -0.25) is 4.79 Å². The summed E-state index contributed by atoms with van der Waals surface area (Å²) < 4.78 is 5.08. The monoisotopic (exact) mass is 204 g/mol. The first-order valence-corrected chi connectivity index (χ1v) is 6.12. The average Bonchev–Trinajstić information content (AvgIpc) is 2.16. The normalized spacial score (nSPS) is 12.5. The third kappa shape index (κ3) is 6.94. The summed E-state index contributed by atoms with van der Waals surface area (Å²) in [5.41, 5.74) is 0. The first kappa shape index (κ1) is 12.8. The topological polar surface area (TPSA) is 26.3 Å². The highest BCUT2D eigenvalue weighted by Crippen LogP contribution is 2.05. The molecule has 0 bridgehead atoms. The summed E-state index contributed by atoms with van der Waals surface area (Å²) in [5, 5.41) is 0. The van der Waals surface area contributed by atoms with Gasteiger partial charge in [-0.2, -0.15) is 11.8 Å². The van der Waals surface area contributed by atoms with E-state index in [0.717, 1.165) is 17.9 Å². The van der Waals surface area contributed by atoms with E-state index < -0.39 is 0 Å². The molecule has 1 atom stereocenters. The van der Waals surface area contributed by atoms with Crippen LogP contribution in [0, 0.1) is 5.92 Å². The first-order valence-electron chi connectivity index (χ1n) is 4.96. The molecular formula is C10H20O2S. The molecule has 0 heterocycles. The second kappa shape index (κ2) is 8.42. The summed E-state index contributed by atoms with van der Waals surface area (Å²) in [7, 11) is 0. The lowest BCUT2D eigenvalue weighted by atomic mass is 10.1. The molecule has 0 fully saturated rings. The van der Waals surface area contributed by atoms with Gasteiger partial charge in [0, 0.05) is 5.75 Å². The number of ether oxygens (including phenoxy) is 1. The molecule has 0 aromatic heterocycles. The largest absolute Gasteiger partial charge is 0.465 e. The smallest absolute Gasteiger partial charge is 0.308 e. The van der Waals surface area contributed by atoms with Gasteiger partial charge in [-0.25, -0.2) is 0 Å². The lowest BCUT2D eigenvalue weighted by Crippen LogP contribution is -2.15. The van der Waals surface area contributed by atoms with Gasteiger partial charge >= 0.3 is 5.97 Å². The molecule has 78 valence electrons. The fourth-order valence-electron chi connectivity index (χ4n) is 0.757. The van der Waals surface area contributed by atoms with Crippen LogP contribution in [0.15, 0.2) is 0 Å². The zero-order chi connectivity index (χ0) is 10.1. The van der Waals surface area contributed by atoms with E-state index in [2.05, 4.69) is 6.92 Å². The number of hydrogen-bond acceptors (Lipinski definition) is 3. The van der Waals surface area contributed by atoms with E-state index in [4.69, 9.17) is 4.74 Å². The Labute approximate surface area is 85.4 Å². The van der Waals surface area contributed by atoms with Crippen LogP contribution < -0.4 is 0 Å². The number of carbonyl (C=O) groups is 1. The SMILES string of the molecule is CCCSCCOC(=O)C(C)CC. The zero-order valence-electron chi connectivity index (χ0n) is 8.84. The molecule has 2 nitrogen and oxygen atoms in total. The number of hydrogen-bond donors (Lipinski definition) is 0. The second-order valence-corrected chi connectivity index (χ2v) is 4.31. The molecule has 0 aliphatic rings. The molecule has 0 saturated carbocycles. The minimum Gasteiger partial charge on any atom is -0.465 e. The molecule has 0 aromatic rings. The van der Waals surface area contributed by atoms with E-state index in [1.54, 1.807) is 0 Å². The summed E-state index contributed by atoms with van der Waals surface area (Å²) in [4.78, 5) is 11.2. The van der Waals surface area contributed by atoms with Crippen molar-refractivity contribution in [3.05, 3.63) is 0 Å². The molecule has 0 aliphatic carbocycles. The van der Waals surface area contributed by atoms with Crippen LogP contribution in [0.2, 0.25) is 0 Å². The van der Waals surface area contributed by atoms with Crippen molar-refractivity contribution in [3.8, 4) is 0 Å². The van der Waals surface area contributed by atoms with Crippen molar-refractivity contribution in [1.29, 1.82) is 0 Å². The van der Waals surface area contributed by atoms with Crippen LogP contribution in [0.5, 0.6) is 0 Å². The van der Waals surface area contributed by atoms with Crippen LogP contribution in [0.25, 0.3) is 0 Å². The van der Waals surface area contributed by atoms with Gasteiger partial charge in [0.15, 0.2) is 0 Å². The molecule has 0 N–H and O–H groups in total. The van der Waals surface area contributed by atoms with Crippen molar-refractivity contribution in [3.63, 3.8) is 0 Å². The molecule has 0 aliphatic heterocycles. The molecule has 3 heteroatoms. The standard InChI is InChI=1S/C10H20O2S/c1-4-7-13-8-6-12-10(11)9(3)5-2/h9H,4-8H2,1-3H3. The van der Waals surface area contributed by atoms with Crippen molar-refractivity contribution >= 4 is 17.7 Å². The van der Waals surface area contributed by atoms with Crippen LogP contribution in [-0.2, 0) is 9.53 Å². The number of esters is 1. The third-order valence-electron chi connectivity index (χ3n) is 1.84. The van der Waals surface area contributed by atoms with Crippen molar-refractivity contribution in [1.82, 2.24) is 0 Å². The Bertz CT molecular complexity index is 137. The summed E-state index contributed by atoms with van der Waals surface area (Å²) in [6.07, 6.45) is 2.05. The van der Waals surface area contributed by atoms with Gasteiger partial charge in [0.2, 0.25) is 0 Å².